The van der Waals surface area contributed by atoms with Gasteiger partial charge in [-0.1, -0.05) is 6.07 Å². The molecule has 0 spiro atoms. The third-order valence-corrected chi connectivity index (χ3v) is 3.90. The van der Waals surface area contributed by atoms with E-state index in [2.05, 4.69) is 17.0 Å². The molecular weight excluding hydrogens is 242 g/mol. The van der Waals surface area contributed by atoms with Gasteiger partial charge >= 0.3 is 0 Å². The second-order valence-corrected chi connectivity index (χ2v) is 5.29. The average molecular weight is 261 g/mol. The minimum atomic E-state index is 0.252. The highest BCUT2D eigenvalue weighted by molar-refractivity contribution is 5.53. The predicted molar refractivity (Wildman–Crippen MR) is 71.2 cm³/mol. The van der Waals surface area contributed by atoms with E-state index in [0.29, 0.717) is 6.79 Å². The van der Waals surface area contributed by atoms with E-state index in [4.69, 9.17) is 9.47 Å². The second-order valence-electron chi connectivity index (χ2n) is 5.29. The summed E-state index contributed by atoms with van der Waals surface area (Å²) < 4.78 is 10.7. The minimum absolute atomic E-state index is 0.252. The Balaban J connectivity index is 1.63. The Morgan fingerprint density at radius 1 is 1.21 bits per heavy atom. The quantitative estimate of drug-likeness (QED) is 0.782. The lowest BCUT2D eigenvalue weighted by molar-refractivity contribution is -0.111. The van der Waals surface area contributed by atoms with Crippen molar-refractivity contribution in [2.24, 2.45) is 5.92 Å². The first-order valence-electron chi connectivity index (χ1n) is 6.91. The summed E-state index contributed by atoms with van der Waals surface area (Å²) in [5, 5.41) is 0. The van der Waals surface area contributed by atoms with Gasteiger partial charge in [0.1, 0.15) is 6.29 Å². The Morgan fingerprint density at radius 3 is 3.00 bits per heavy atom. The molecule has 1 aromatic rings. The van der Waals surface area contributed by atoms with Crippen LogP contribution in [0.2, 0.25) is 0 Å². The molecule has 1 atom stereocenters. The Bertz CT molecular complexity index is 461. The zero-order valence-corrected chi connectivity index (χ0v) is 11.0. The van der Waals surface area contributed by atoms with Crippen LogP contribution in [0, 0.1) is 5.92 Å². The number of nitrogens with zero attached hydrogens (tertiary/aromatic N) is 1. The summed E-state index contributed by atoms with van der Waals surface area (Å²) in [6.07, 6.45) is 4.23. The number of hydrogen-bond acceptors (Lipinski definition) is 4. The standard InChI is InChI=1S/C15H19NO3/c17-10-12-2-1-6-16(7-5-12)9-13-3-4-14-15(8-13)19-11-18-14/h3-4,8,10,12H,1-2,5-7,9,11H2. The molecule has 0 amide bonds. The van der Waals surface area contributed by atoms with E-state index < -0.39 is 0 Å². The Morgan fingerprint density at radius 2 is 2.11 bits per heavy atom. The number of carbonyl (C=O) groups excluding carboxylic acids is 1. The van der Waals surface area contributed by atoms with Gasteiger partial charge in [-0.25, -0.2) is 0 Å². The van der Waals surface area contributed by atoms with E-state index in [1.165, 1.54) is 5.56 Å². The molecule has 1 aromatic carbocycles. The van der Waals surface area contributed by atoms with Crippen LogP contribution >= 0.6 is 0 Å². The molecule has 4 nitrogen and oxygen atoms in total. The summed E-state index contributed by atoms with van der Waals surface area (Å²) >= 11 is 0. The van der Waals surface area contributed by atoms with Gasteiger partial charge in [0.25, 0.3) is 0 Å². The van der Waals surface area contributed by atoms with E-state index in [1.54, 1.807) is 0 Å². The molecule has 1 saturated heterocycles. The summed E-state index contributed by atoms with van der Waals surface area (Å²) in [7, 11) is 0. The Kier molecular flexibility index (Phi) is 3.69. The van der Waals surface area contributed by atoms with Crippen LogP contribution in [0.5, 0.6) is 11.5 Å². The van der Waals surface area contributed by atoms with Crippen molar-refractivity contribution in [1.82, 2.24) is 4.90 Å². The highest BCUT2D eigenvalue weighted by Crippen LogP contribution is 2.33. The third-order valence-electron chi connectivity index (χ3n) is 3.90. The minimum Gasteiger partial charge on any atom is -0.454 e. The number of ether oxygens (including phenoxy) is 2. The van der Waals surface area contributed by atoms with Crippen LogP contribution in [0.4, 0.5) is 0 Å². The fourth-order valence-corrected chi connectivity index (χ4v) is 2.77. The maximum absolute atomic E-state index is 10.9. The van der Waals surface area contributed by atoms with Gasteiger partial charge in [-0.15, -0.1) is 0 Å². The Labute approximate surface area is 113 Å². The molecule has 19 heavy (non-hydrogen) atoms. The van der Waals surface area contributed by atoms with Crippen molar-refractivity contribution in [1.29, 1.82) is 0 Å². The summed E-state index contributed by atoms with van der Waals surface area (Å²) in [6, 6.07) is 6.13. The van der Waals surface area contributed by atoms with Crippen LogP contribution in [0.1, 0.15) is 24.8 Å². The monoisotopic (exact) mass is 261 g/mol. The van der Waals surface area contributed by atoms with Crippen molar-refractivity contribution in [3.63, 3.8) is 0 Å². The van der Waals surface area contributed by atoms with Gasteiger partial charge in [-0.3, -0.25) is 4.90 Å². The summed E-state index contributed by atoms with van der Waals surface area (Å²) in [5.74, 6) is 1.93. The molecule has 0 N–H and O–H groups in total. The molecule has 0 aromatic heterocycles. The van der Waals surface area contributed by atoms with E-state index >= 15 is 0 Å². The molecule has 2 aliphatic rings. The number of rotatable bonds is 3. The lowest BCUT2D eigenvalue weighted by Crippen LogP contribution is -2.24. The molecule has 102 valence electrons. The first kappa shape index (κ1) is 12.5. The predicted octanol–water partition coefficient (Wildman–Crippen LogP) is 2.22. The number of aldehydes is 1. The second kappa shape index (κ2) is 5.61. The largest absolute Gasteiger partial charge is 0.454 e. The first-order valence-corrected chi connectivity index (χ1v) is 6.91. The summed E-state index contributed by atoms with van der Waals surface area (Å²) in [5.41, 5.74) is 1.24. The molecular formula is C15H19NO3. The molecule has 4 heteroatoms. The number of hydrogen-bond donors (Lipinski definition) is 0. The van der Waals surface area contributed by atoms with E-state index in [9.17, 15) is 4.79 Å². The Hall–Kier alpha value is -1.55. The SMILES string of the molecule is O=CC1CCCN(Cc2ccc3c(c2)OCO3)CC1. The van der Waals surface area contributed by atoms with Gasteiger partial charge in [-0.2, -0.15) is 0 Å². The molecule has 3 rings (SSSR count). The van der Waals surface area contributed by atoms with Crippen molar-refractivity contribution in [3.05, 3.63) is 23.8 Å². The fraction of sp³-hybridized carbons (Fsp3) is 0.533. The van der Waals surface area contributed by atoms with Crippen LogP contribution in [0.25, 0.3) is 0 Å². The third kappa shape index (κ3) is 2.89. The zero-order chi connectivity index (χ0) is 13.1. The zero-order valence-electron chi connectivity index (χ0n) is 11.0. The number of likely N-dealkylation sites (tertiary alicyclic amines) is 1. The number of carbonyl (C=O) groups is 1. The van der Waals surface area contributed by atoms with Gasteiger partial charge < -0.3 is 14.3 Å². The van der Waals surface area contributed by atoms with Crippen molar-refractivity contribution < 1.29 is 14.3 Å². The fourth-order valence-electron chi connectivity index (χ4n) is 2.77. The normalized spacial score (nSPS) is 23.1. The summed E-state index contributed by atoms with van der Waals surface area (Å²) in [4.78, 5) is 13.3. The lowest BCUT2D eigenvalue weighted by Gasteiger charge is -2.20. The van der Waals surface area contributed by atoms with E-state index in [0.717, 1.165) is 56.7 Å². The van der Waals surface area contributed by atoms with Gasteiger partial charge in [0.15, 0.2) is 11.5 Å². The van der Waals surface area contributed by atoms with Gasteiger partial charge in [0.2, 0.25) is 6.79 Å². The van der Waals surface area contributed by atoms with E-state index in [1.807, 2.05) is 6.07 Å². The average Bonchev–Trinajstić information content (AvgIpc) is 2.77. The lowest BCUT2D eigenvalue weighted by atomic mass is 10.0. The molecule has 0 aliphatic carbocycles. The number of fused-ring (bicyclic) bond motifs is 1. The van der Waals surface area contributed by atoms with Gasteiger partial charge in [-0.05, 0) is 50.0 Å². The van der Waals surface area contributed by atoms with Crippen LogP contribution < -0.4 is 9.47 Å². The summed E-state index contributed by atoms with van der Waals surface area (Å²) in [6.45, 7) is 3.31. The smallest absolute Gasteiger partial charge is 0.231 e. The van der Waals surface area contributed by atoms with Crippen molar-refractivity contribution in [2.45, 2.75) is 25.8 Å². The topological polar surface area (TPSA) is 38.8 Å². The highest BCUT2D eigenvalue weighted by Gasteiger charge is 2.18. The first-order chi connectivity index (χ1) is 9.35. The van der Waals surface area contributed by atoms with Crippen LogP contribution in [-0.2, 0) is 11.3 Å². The molecule has 1 unspecified atom stereocenters. The molecule has 0 radical (unpaired) electrons. The van der Waals surface area contributed by atoms with Crippen molar-refractivity contribution in [2.75, 3.05) is 19.9 Å². The maximum Gasteiger partial charge on any atom is 0.231 e. The van der Waals surface area contributed by atoms with Gasteiger partial charge in [0, 0.05) is 12.5 Å². The van der Waals surface area contributed by atoms with Crippen molar-refractivity contribution >= 4 is 6.29 Å². The van der Waals surface area contributed by atoms with Crippen LogP contribution in [0.15, 0.2) is 18.2 Å². The van der Waals surface area contributed by atoms with Crippen molar-refractivity contribution in [3.8, 4) is 11.5 Å². The van der Waals surface area contributed by atoms with Crippen LogP contribution in [-0.4, -0.2) is 31.1 Å². The van der Waals surface area contributed by atoms with E-state index in [-0.39, 0.29) is 5.92 Å². The number of benzene rings is 1. The molecule has 1 fully saturated rings. The van der Waals surface area contributed by atoms with Crippen LogP contribution in [0.3, 0.4) is 0 Å². The van der Waals surface area contributed by atoms with Gasteiger partial charge in [0.05, 0.1) is 0 Å². The highest BCUT2D eigenvalue weighted by atomic mass is 16.7. The molecule has 0 saturated carbocycles. The molecule has 2 aliphatic heterocycles. The maximum atomic E-state index is 10.9. The molecule has 0 bridgehead atoms. The molecule has 2 heterocycles.